The Hall–Kier alpha value is -2.09. The first-order valence-electron chi connectivity index (χ1n) is 9.49. The zero-order valence-electron chi connectivity index (χ0n) is 16.6. The number of para-hydroxylation sites is 1. The van der Waals surface area contributed by atoms with Gasteiger partial charge in [-0.3, -0.25) is 9.69 Å². The second kappa shape index (κ2) is 11.0. The fourth-order valence-electron chi connectivity index (χ4n) is 3.13. The number of benzene rings is 1. The van der Waals surface area contributed by atoms with E-state index in [4.69, 9.17) is 9.90 Å². The molecule has 0 aromatic heterocycles. The van der Waals surface area contributed by atoms with E-state index in [1.807, 2.05) is 6.07 Å². The Morgan fingerprint density at radius 1 is 1.21 bits per heavy atom. The molecule has 8 heteroatoms. The number of nitrogens with zero attached hydrogens (tertiary/aromatic N) is 1. The zero-order chi connectivity index (χ0) is 21.3. The molecule has 1 amide bonds. The summed E-state index contributed by atoms with van der Waals surface area (Å²) in [7, 11) is 0. The van der Waals surface area contributed by atoms with Crippen LogP contribution in [0.5, 0.6) is 0 Å². The van der Waals surface area contributed by atoms with Crippen LogP contribution < -0.4 is 5.32 Å². The molecule has 1 aromatic rings. The van der Waals surface area contributed by atoms with Gasteiger partial charge in [-0.2, -0.15) is 13.2 Å². The molecule has 158 valence electrons. The van der Waals surface area contributed by atoms with Gasteiger partial charge in [0.25, 0.3) is 0 Å². The van der Waals surface area contributed by atoms with Gasteiger partial charge in [0.05, 0.1) is 6.04 Å². The fraction of sp³-hybridized carbons (Fsp3) is 0.600. The van der Waals surface area contributed by atoms with Gasteiger partial charge in [0.15, 0.2) is 0 Å². The molecular formula is C20H29F3N2O3. The van der Waals surface area contributed by atoms with Gasteiger partial charge in [-0.1, -0.05) is 38.0 Å². The van der Waals surface area contributed by atoms with Crippen molar-refractivity contribution in [1.82, 2.24) is 4.90 Å². The van der Waals surface area contributed by atoms with Crippen LogP contribution in [0.3, 0.4) is 0 Å². The average molecular weight is 402 g/mol. The molecule has 1 aliphatic rings. The van der Waals surface area contributed by atoms with Gasteiger partial charge in [0, 0.05) is 5.69 Å². The lowest BCUT2D eigenvalue weighted by Gasteiger charge is -2.34. The third kappa shape index (κ3) is 7.50. The lowest BCUT2D eigenvalue weighted by molar-refractivity contribution is -0.192. The number of amides is 1. The summed E-state index contributed by atoms with van der Waals surface area (Å²) in [6, 6.07) is 6.19. The number of hydrogen-bond acceptors (Lipinski definition) is 3. The Morgan fingerprint density at radius 3 is 2.29 bits per heavy atom. The molecule has 2 rings (SSSR count). The Bertz CT molecular complexity index is 642. The fourth-order valence-corrected chi connectivity index (χ4v) is 3.13. The van der Waals surface area contributed by atoms with Crippen molar-refractivity contribution in [3.8, 4) is 0 Å². The average Bonchev–Trinajstić information content (AvgIpc) is 2.63. The quantitative estimate of drug-likeness (QED) is 0.759. The minimum Gasteiger partial charge on any atom is -0.475 e. The SMILES string of the molecule is CCCCN1CCCC[C@H]1C(=O)Nc1c(C)cccc1C.O=C(O)C(F)(F)F. The highest BCUT2D eigenvalue weighted by Gasteiger charge is 2.38. The number of halogens is 3. The molecule has 5 nitrogen and oxygen atoms in total. The van der Waals surface area contributed by atoms with Crippen molar-refractivity contribution in [2.24, 2.45) is 0 Å². The third-order valence-corrected chi connectivity index (χ3v) is 4.69. The van der Waals surface area contributed by atoms with Gasteiger partial charge in [-0.15, -0.1) is 0 Å². The number of nitrogens with one attached hydrogen (secondary N) is 1. The standard InChI is InChI=1S/C18H28N2O.C2HF3O2/c1-4-5-12-20-13-7-6-11-16(20)18(21)19-17-14(2)9-8-10-15(17)3;3-2(4,5)1(6)7/h8-10,16H,4-7,11-13H2,1-3H3,(H,19,21);(H,6,7)/t16-;/m0./s1. The van der Waals surface area contributed by atoms with Crippen molar-refractivity contribution in [1.29, 1.82) is 0 Å². The number of piperidine rings is 1. The number of anilines is 1. The normalized spacial score (nSPS) is 17.4. The number of likely N-dealkylation sites (tertiary alicyclic amines) is 1. The summed E-state index contributed by atoms with van der Waals surface area (Å²) in [5.41, 5.74) is 3.27. The maximum absolute atomic E-state index is 12.7. The summed E-state index contributed by atoms with van der Waals surface area (Å²) in [4.78, 5) is 24.0. The van der Waals surface area contributed by atoms with Crippen LogP contribution >= 0.6 is 0 Å². The van der Waals surface area contributed by atoms with E-state index < -0.39 is 12.1 Å². The lowest BCUT2D eigenvalue weighted by atomic mass is 10.00. The van der Waals surface area contributed by atoms with Crippen LogP contribution in [0.4, 0.5) is 18.9 Å². The number of alkyl halides is 3. The molecule has 0 aliphatic carbocycles. The molecule has 1 fully saturated rings. The van der Waals surface area contributed by atoms with Crippen molar-refractivity contribution >= 4 is 17.6 Å². The molecule has 1 aliphatic heterocycles. The predicted molar refractivity (Wildman–Crippen MR) is 102 cm³/mol. The summed E-state index contributed by atoms with van der Waals surface area (Å²) in [5.74, 6) is -2.59. The van der Waals surface area contributed by atoms with Gasteiger partial charge in [0.1, 0.15) is 0 Å². The van der Waals surface area contributed by atoms with Crippen LogP contribution in [0.25, 0.3) is 0 Å². The summed E-state index contributed by atoms with van der Waals surface area (Å²) in [6.07, 6.45) is 0.639. The molecule has 0 unspecified atom stereocenters. The Balaban J connectivity index is 0.000000480. The number of hydrogen-bond donors (Lipinski definition) is 2. The molecule has 0 saturated carbocycles. The largest absolute Gasteiger partial charge is 0.490 e. The van der Waals surface area contributed by atoms with Gasteiger partial charge in [-0.25, -0.2) is 4.79 Å². The molecule has 2 N–H and O–H groups in total. The number of carbonyl (C=O) groups excluding carboxylic acids is 1. The molecule has 1 saturated heterocycles. The van der Waals surface area contributed by atoms with Crippen LogP contribution in [-0.4, -0.2) is 47.2 Å². The first-order valence-corrected chi connectivity index (χ1v) is 9.49. The van der Waals surface area contributed by atoms with Crippen LogP contribution in [0.15, 0.2) is 18.2 Å². The highest BCUT2D eigenvalue weighted by Crippen LogP contribution is 2.23. The second-order valence-corrected chi connectivity index (χ2v) is 6.96. The molecule has 28 heavy (non-hydrogen) atoms. The number of carbonyl (C=O) groups is 2. The van der Waals surface area contributed by atoms with Gasteiger partial charge in [-0.05, 0) is 57.3 Å². The van der Waals surface area contributed by atoms with E-state index in [1.165, 1.54) is 19.3 Å². The number of unbranched alkanes of at least 4 members (excludes halogenated alkanes) is 1. The minimum atomic E-state index is -5.08. The molecule has 1 aromatic carbocycles. The number of aliphatic carboxylic acids is 1. The number of rotatable bonds is 5. The first kappa shape index (κ1) is 23.9. The maximum Gasteiger partial charge on any atom is 0.490 e. The van der Waals surface area contributed by atoms with Crippen molar-refractivity contribution < 1.29 is 27.9 Å². The molecule has 0 bridgehead atoms. The monoisotopic (exact) mass is 402 g/mol. The van der Waals surface area contributed by atoms with Crippen LogP contribution in [0.1, 0.15) is 50.2 Å². The zero-order valence-corrected chi connectivity index (χ0v) is 16.6. The van der Waals surface area contributed by atoms with Crippen LogP contribution in [0, 0.1) is 13.8 Å². The van der Waals surface area contributed by atoms with Crippen molar-refractivity contribution in [2.45, 2.75) is 65.1 Å². The lowest BCUT2D eigenvalue weighted by Crippen LogP contribution is -2.47. The highest BCUT2D eigenvalue weighted by atomic mass is 19.4. The summed E-state index contributed by atoms with van der Waals surface area (Å²) >= 11 is 0. The summed E-state index contributed by atoms with van der Waals surface area (Å²) in [5, 5.41) is 10.3. The van der Waals surface area contributed by atoms with E-state index in [0.717, 1.165) is 42.7 Å². The summed E-state index contributed by atoms with van der Waals surface area (Å²) in [6.45, 7) is 8.42. The Morgan fingerprint density at radius 2 is 1.79 bits per heavy atom. The van der Waals surface area contributed by atoms with Crippen LogP contribution in [0.2, 0.25) is 0 Å². The van der Waals surface area contributed by atoms with Crippen LogP contribution in [-0.2, 0) is 9.59 Å². The predicted octanol–water partition coefficient (Wildman–Crippen LogP) is 4.53. The van der Waals surface area contributed by atoms with Crippen molar-refractivity contribution in [3.05, 3.63) is 29.3 Å². The maximum atomic E-state index is 12.7. The number of carboxylic acid groups (broad SMARTS) is 1. The second-order valence-electron chi connectivity index (χ2n) is 6.96. The molecule has 0 radical (unpaired) electrons. The molecule has 0 spiro atoms. The van der Waals surface area contributed by atoms with Gasteiger partial charge in [0.2, 0.25) is 5.91 Å². The number of carboxylic acids is 1. The van der Waals surface area contributed by atoms with E-state index in [-0.39, 0.29) is 11.9 Å². The summed E-state index contributed by atoms with van der Waals surface area (Å²) < 4.78 is 31.7. The Kier molecular flexibility index (Phi) is 9.45. The topological polar surface area (TPSA) is 69.6 Å². The van der Waals surface area contributed by atoms with E-state index in [9.17, 15) is 18.0 Å². The van der Waals surface area contributed by atoms with Gasteiger partial charge >= 0.3 is 12.1 Å². The number of aryl methyl sites for hydroxylation is 2. The third-order valence-electron chi connectivity index (χ3n) is 4.69. The Labute approximate surface area is 163 Å². The smallest absolute Gasteiger partial charge is 0.475 e. The van der Waals surface area contributed by atoms with E-state index >= 15 is 0 Å². The molecular weight excluding hydrogens is 373 g/mol. The first-order chi connectivity index (χ1) is 13.1. The van der Waals surface area contributed by atoms with E-state index in [0.29, 0.717) is 0 Å². The van der Waals surface area contributed by atoms with E-state index in [2.05, 4.69) is 43.1 Å². The minimum absolute atomic E-state index is 0.0457. The van der Waals surface area contributed by atoms with Crippen molar-refractivity contribution in [3.63, 3.8) is 0 Å². The van der Waals surface area contributed by atoms with Gasteiger partial charge < -0.3 is 10.4 Å². The molecule has 1 atom stereocenters. The molecule has 1 heterocycles. The van der Waals surface area contributed by atoms with E-state index in [1.54, 1.807) is 0 Å². The van der Waals surface area contributed by atoms with Crippen molar-refractivity contribution in [2.75, 3.05) is 18.4 Å². The highest BCUT2D eigenvalue weighted by molar-refractivity contribution is 5.96.